The van der Waals surface area contributed by atoms with Crippen molar-refractivity contribution >= 4 is 23.7 Å². The molecule has 1 saturated heterocycles. The molecule has 0 saturated carbocycles. The number of nitrogens with one attached hydrogen (secondary N) is 2. The highest BCUT2D eigenvalue weighted by Gasteiger charge is 2.37. The van der Waals surface area contributed by atoms with E-state index in [1.165, 1.54) is 4.90 Å². The summed E-state index contributed by atoms with van der Waals surface area (Å²) in [7, 11) is 0. The summed E-state index contributed by atoms with van der Waals surface area (Å²) in [6.45, 7) is -1.64. The van der Waals surface area contributed by atoms with Gasteiger partial charge in [-0.3, -0.25) is 19.2 Å². The highest BCUT2D eigenvalue weighted by atomic mass is 16.4. The zero-order valence-corrected chi connectivity index (χ0v) is 13.0. The van der Waals surface area contributed by atoms with Crippen LogP contribution in [-0.4, -0.2) is 88.3 Å². The molecule has 136 valence electrons. The van der Waals surface area contributed by atoms with Crippen LogP contribution in [0, 0.1) is 0 Å². The van der Waals surface area contributed by atoms with Crippen molar-refractivity contribution < 1.29 is 34.5 Å². The van der Waals surface area contributed by atoms with Crippen LogP contribution >= 0.6 is 0 Å². The molecular formula is C13H22N4O7. The number of aliphatic hydroxyl groups excluding tert-OH is 2. The molecule has 1 rings (SSSR count). The van der Waals surface area contributed by atoms with Crippen LogP contribution in [0.25, 0.3) is 0 Å². The Morgan fingerprint density at radius 2 is 1.88 bits per heavy atom. The van der Waals surface area contributed by atoms with Crippen LogP contribution in [0.2, 0.25) is 0 Å². The maximum absolute atomic E-state index is 12.3. The van der Waals surface area contributed by atoms with Gasteiger partial charge in [-0.05, 0) is 12.8 Å². The molecule has 0 bridgehead atoms. The van der Waals surface area contributed by atoms with E-state index in [0.29, 0.717) is 19.4 Å². The fraction of sp³-hybridized carbons (Fsp3) is 0.692. The summed E-state index contributed by atoms with van der Waals surface area (Å²) in [5.41, 5.74) is 5.47. The number of hydrogen-bond donors (Lipinski definition) is 6. The molecule has 3 atom stereocenters. The fourth-order valence-electron chi connectivity index (χ4n) is 2.34. The minimum atomic E-state index is -1.33. The van der Waals surface area contributed by atoms with Crippen LogP contribution in [0.5, 0.6) is 0 Å². The molecule has 0 spiro atoms. The van der Waals surface area contributed by atoms with Gasteiger partial charge in [0.05, 0.1) is 13.2 Å². The van der Waals surface area contributed by atoms with Crippen LogP contribution in [0.15, 0.2) is 0 Å². The topological polar surface area (TPSA) is 182 Å². The first kappa shape index (κ1) is 19.8. The van der Waals surface area contributed by atoms with Gasteiger partial charge in [0, 0.05) is 6.54 Å². The lowest BCUT2D eigenvalue weighted by molar-refractivity contribution is -0.141. The summed E-state index contributed by atoms with van der Waals surface area (Å²) in [5.74, 6) is -3.35. The van der Waals surface area contributed by atoms with Gasteiger partial charge in [0.15, 0.2) is 0 Å². The molecule has 11 nitrogen and oxygen atoms in total. The molecule has 11 heteroatoms. The van der Waals surface area contributed by atoms with Gasteiger partial charge >= 0.3 is 5.97 Å². The predicted molar refractivity (Wildman–Crippen MR) is 79.5 cm³/mol. The average Bonchev–Trinajstić information content (AvgIpc) is 3.05. The molecule has 1 fully saturated rings. The summed E-state index contributed by atoms with van der Waals surface area (Å²) in [5, 5.41) is 31.0. The van der Waals surface area contributed by atoms with E-state index in [1.807, 2.05) is 5.32 Å². The number of rotatable bonds is 8. The molecule has 0 aliphatic carbocycles. The van der Waals surface area contributed by atoms with Crippen LogP contribution in [0.1, 0.15) is 12.8 Å². The summed E-state index contributed by atoms with van der Waals surface area (Å²) >= 11 is 0. The smallest absolute Gasteiger partial charge is 0.322 e. The molecule has 1 heterocycles. The third-order valence-corrected chi connectivity index (χ3v) is 3.58. The number of likely N-dealkylation sites (tertiary alicyclic amines) is 1. The van der Waals surface area contributed by atoms with E-state index in [4.69, 9.17) is 15.9 Å². The van der Waals surface area contributed by atoms with Crippen molar-refractivity contribution in [2.75, 3.05) is 26.3 Å². The number of aliphatic carboxylic acids is 1. The van der Waals surface area contributed by atoms with E-state index in [0.717, 1.165) is 0 Å². The van der Waals surface area contributed by atoms with Crippen LogP contribution in [0.3, 0.4) is 0 Å². The normalized spacial score (nSPS) is 19.5. The number of carboxylic acids is 1. The third-order valence-electron chi connectivity index (χ3n) is 3.58. The molecule has 0 aromatic rings. The SMILES string of the molecule is NC(CO)C(=O)N1CCCC1C(=O)NC(CO)C(=O)NCC(=O)O. The average molecular weight is 346 g/mol. The molecule has 3 amide bonds. The lowest BCUT2D eigenvalue weighted by Crippen LogP contribution is -2.56. The van der Waals surface area contributed by atoms with Gasteiger partial charge in [-0.2, -0.15) is 0 Å². The molecule has 3 unspecified atom stereocenters. The number of carbonyl (C=O) groups is 4. The van der Waals surface area contributed by atoms with Crippen molar-refractivity contribution in [2.45, 2.75) is 31.0 Å². The van der Waals surface area contributed by atoms with E-state index < -0.39 is 61.6 Å². The van der Waals surface area contributed by atoms with Crippen molar-refractivity contribution in [1.82, 2.24) is 15.5 Å². The maximum Gasteiger partial charge on any atom is 0.322 e. The number of aliphatic hydroxyl groups is 2. The van der Waals surface area contributed by atoms with Crippen LogP contribution in [0.4, 0.5) is 0 Å². The number of nitrogens with zero attached hydrogens (tertiary/aromatic N) is 1. The van der Waals surface area contributed by atoms with Crippen molar-refractivity contribution in [1.29, 1.82) is 0 Å². The molecule has 0 aromatic heterocycles. The zero-order chi connectivity index (χ0) is 18.3. The molecule has 24 heavy (non-hydrogen) atoms. The first-order valence-corrected chi connectivity index (χ1v) is 7.39. The van der Waals surface area contributed by atoms with Crippen LogP contribution < -0.4 is 16.4 Å². The van der Waals surface area contributed by atoms with Crippen molar-refractivity contribution in [3.05, 3.63) is 0 Å². The highest BCUT2D eigenvalue weighted by Crippen LogP contribution is 2.18. The second-order valence-electron chi connectivity index (χ2n) is 5.33. The summed E-state index contributed by atoms with van der Waals surface area (Å²) < 4.78 is 0. The Kier molecular flexibility index (Phi) is 7.55. The molecule has 0 aromatic carbocycles. The first-order chi connectivity index (χ1) is 11.3. The van der Waals surface area contributed by atoms with Crippen molar-refractivity contribution in [2.24, 2.45) is 5.73 Å². The molecule has 1 aliphatic heterocycles. The predicted octanol–water partition coefficient (Wildman–Crippen LogP) is -4.03. The standard InChI is InChI=1S/C13H22N4O7/c14-7(5-18)13(24)17-3-1-2-9(17)12(23)16-8(6-19)11(22)15-4-10(20)21/h7-9,18-19H,1-6,14H2,(H,15,22)(H,16,23)(H,20,21). The van der Waals surface area contributed by atoms with Crippen molar-refractivity contribution in [3.63, 3.8) is 0 Å². The Labute approximate surface area is 137 Å². The number of hydrogen-bond acceptors (Lipinski definition) is 7. The van der Waals surface area contributed by atoms with Gasteiger partial charge in [0.25, 0.3) is 0 Å². The third kappa shape index (κ3) is 5.15. The van der Waals surface area contributed by atoms with Gasteiger partial charge in [-0.1, -0.05) is 0 Å². The molecule has 7 N–H and O–H groups in total. The van der Waals surface area contributed by atoms with Gasteiger partial charge in [-0.15, -0.1) is 0 Å². The Morgan fingerprint density at radius 3 is 2.42 bits per heavy atom. The fourth-order valence-corrected chi connectivity index (χ4v) is 2.34. The van der Waals surface area contributed by atoms with E-state index >= 15 is 0 Å². The van der Waals surface area contributed by atoms with Gasteiger partial charge in [0.1, 0.15) is 24.7 Å². The summed E-state index contributed by atoms with van der Waals surface area (Å²) in [6, 6.07) is -3.33. The Balaban J connectivity index is 2.68. The van der Waals surface area contributed by atoms with Crippen molar-refractivity contribution in [3.8, 4) is 0 Å². The van der Waals surface area contributed by atoms with Crippen LogP contribution in [-0.2, 0) is 19.2 Å². The first-order valence-electron chi connectivity index (χ1n) is 7.39. The number of amides is 3. The maximum atomic E-state index is 12.3. The highest BCUT2D eigenvalue weighted by molar-refractivity contribution is 5.94. The summed E-state index contributed by atoms with van der Waals surface area (Å²) in [6.07, 6.45) is 0.904. The van der Waals surface area contributed by atoms with E-state index in [1.54, 1.807) is 0 Å². The number of carboxylic acid groups (broad SMARTS) is 1. The second kappa shape index (κ2) is 9.15. The quantitative estimate of drug-likeness (QED) is 0.257. The molecule has 0 radical (unpaired) electrons. The lowest BCUT2D eigenvalue weighted by atomic mass is 10.1. The summed E-state index contributed by atoms with van der Waals surface area (Å²) in [4.78, 5) is 47.6. The Hall–Kier alpha value is -2.24. The number of carbonyl (C=O) groups excluding carboxylic acids is 3. The molecule has 1 aliphatic rings. The Morgan fingerprint density at radius 1 is 1.21 bits per heavy atom. The largest absolute Gasteiger partial charge is 0.480 e. The van der Waals surface area contributed by atoms with E-state index in [9.17, 15) is 24.3 Å². The van der Waals surface area contributed by atoms with Gasteiger partial charge in [0.2, 0.25) is 17.7 Å². The minimum absolute atomic E-state index is 0.291. The van der Waals surface area contributed by atoms with Gasteiger partial charge in [-0.25, -0.2) is 0 Å². The number of nitrogens with two attached hydrogens (primary N) is 1. The second-order valence-corrected chi connectivity index (χ2v) is 5.33. The van der Waals surface area contributed by atoms with Gasteiger partial charge < -0.3 is 36.6 Å². The molecular weight excluding hydrogens is 324 g/mol. The monoisotopic (exact) mass is 346 g/mol. The Bertz CT molecular complexity index is 499. The lowest BCUT2D eigenvalue weighted by Gasteiger charge is -2.27. The minimum Gasteiger partial charge on any atom is -0.480 e. The van der Waals surface area contributed by atoms with E-state index in [2.05, 4.69) is 5.32 Å². The zero-order valence-electron chi connectivity index (χ0n) is 13.0. The van der Waals surface area contributed by atoms with E-state index in [-0.39, 0.29) is 0 Å².